The number of amides is 4. The lowest BCUT2D eigenvalue weighted by molar-refractivity contribution is -0.145. The number of imide groups is 1. The molecule has 3 aromatic rings. The van der Waals surface area contributed by atoms with Gasteiger partial charge < -0.3 is 29.8 Å². The molecule has 2 heterocycles. The summed E-state index contributed by atoms with van der Waals surface area (Å²) in [4.78, 5) is 55.2. The smallest absolute Gasteiger partial charge is 0.408 e. The van der Waals surface area contributed by atoms with Crippen LogP contribution in [0.15, 0.2) is 42.6 Å². The minimum Gasteiger partial charge on any atom is -0.497 e. The van der Waals surface area contributed by atoms with Gasteiger partial charge >= 0.3 is 18.1 Å². The van der Waals surface area contributed by atoms with Crippen LogP contribution in [0.3, 0.4) is 0 Å². The number of H-pyrrole nitrogens is 1. The quantitative estimate of drug-likeness (QED) is 0.275. The molecule has 0 unspecified atom stereocenters. The van der Waals surface area contributed by atoms with E-state index in [1.165, 1.54) is 0 Å². The number of carbonyl (C=O) groups is 4. The third kappa shape index (κ3) is 7.62. The second-order valence-corrected chi connectivity index (χ2v) is 11.2. The molecule has 4 amide bonds. The van der Waals surface area contributed by atoms with E-state index in [1.807, 2.05) is 42.6 Å². The zero-order valence-corrected chi connectivity index (χ0v) is 24.6. The summed E-state index contributed by atoms with van der Waals surface area (Å²) in [7, 11) is 2.29. The molecule has 0 aliphatic carbocycles. The lowest BCUT2D eigenvalue weighted by Crippen LogP contribution is -2.55. The van der Waals surface area contributed by atoms with Crippen molar-refractivity contribution in [1.82, 2.24) is 20.9 Å². The third-order valence-electron chi connectivity index (χ3n) is 6.88. The van der Waals surface area contributed by atoms with Gasteiger partial charge in [-0.25, -0.2) is 14.4 Å². The average molecular weight is 576 g/mol. The predicted molar refractivity (Wildman–Crippen MR) is 159 cm³/mol. The van der Waals surface area contributed by atoms with Gasteiger partial charge in [0.2, 0.25) is 0 Å². The Morgan fingerprint density at radius 1 is 1.10 bits per heavy atom. The second kappa shape index (κ2) is 13.0. The number of rotatable bonds is 4. The van der Waals surface area contributed by atoms with E-state index in [2.05, 4.69) is 20.9 Å². The van der Waals surface area contributed by atoms with Crippen LogP contribution in [0.2, 0.25) is 0 Å². The molecule has 1 aliphatic heterocycles. The summed E-state index contributed by atoms with van der Waals surface area (Å²) in [6.07, 6.45) is 1.87. The van der Waals surface area contributed by atoms with Crippen molar-refractivity contribution < 1.29 is 33.4 Å². The molecular weight excluding hydrogens is 539 g/mol. The summed E-state index contributed by atoms with van der Waals surface area (Å²) in [5.41, 5.74) is 3.71. The third-order valence-corrected chi connectivity index (χ3v) is 6.88. The number of alkyl carbamates (subject to hydrolysis) is 1. The summed E-state index contributed by atoms with van der Waals surface area (Å²) in [5, 5.41) is 8.36. The molecule has 0 saturated heterocycles. The Balaban J connectivity index is 1.74. The van der Waals surface area contributed by atoms with E-state index in [1.54, 1.807) is 34.8 Å². The molecule has 1 aromatic heterocycles. The maximum Gasteiger partial charge on any atom is 0.408 e. The minimum absolute atomic E-state index is 0.0752. The molecule has 4 N–H and O–H groups in total. The summed E-state index contributed by atoms with van der Waals surface area (Å²) in [6.45, 7) is 6.93. The monoisotopic (exact) mass is 576 g/mol. The molecule has 0 fully saturated rings. The first-order chi connectivity index (χ1) is 20.0. The van der Waals surface area contributed by atoms with E-state index < -0.39 is 41.7 Å². The molecular formula is C30H37BN4O7. The molecule has 1 aliphatic rings. The van der Waals surface area contributed by atoms with Crippen LogP contribution in [0, 0.1) is 0 Å². The second-order valence-electron chi connectivity index (χ2n) is 11.2. The summed E-state index contributed by atoms with van der Waals surface area (Å²) < 4.78 is 16.2. The van der Waals surface area contributed by atoms with Crippen molar-refractivity contribution in [1.29, 1.82) is 0 Å². The highest BCUT2D eigenvalue weighted by Gasteiger charge is 2.29. The molecule has 0 saturated carbocycles. The van der Waals surface area contributed by atoms with Gasteiger partial charge in [0.1, 0.15) is 23.4 Å². The first-order valence-electron chi connectivity index (χ1n) is 14.0. The first-order valence-corrected chi connectivity index (χ1v) is 14.0. The summed E-state index contributed by atoms with van der Waals surface area (Å²) in [6, 6.07) is 8.42. The van der Waals surface area contributed by atoms with Crippen LogP contribution in [0.4, 0.5) is 9.59 Å². The molecule has 0 spiro atoms. The summed E-state index contributed by atoms with van der Waals surface area (Å²) in [5.74, 6) is -0.692. The van der Waals surface area contributed by atoms with Gasteiger partial charge in [0.25, 0.3) is 5.91 Å². The van der Waals surface area contributed by atoms with Crippen molar-refractivity contribution in [2.75, 3.05) is 13.7 Å². The number of fused-ring (bicyclic) bond motifs is 2. The number of para-hydroxylation sites is 1. The average Bonchev–Trinajstić information content (AvgIpc) is 3.33. The largest absolute Gasteiger partial charge is 0.497 e. The maximum absolute atomic E-state index is 13.3. The van der Waals surface area contributed by atoms with E-state index >= 15 is 0 Å². The van der Waals surface area contributed by atoms with Crippen LogP contribution in [0.5, 0.6) is 5.75 Å². The summed E-state index contributed by atoms with van der Waals surface area (Å²) >= 11 is 0. The van der Waals surface area contributed by atoms with Crippen molar-refractivity contribution in [3.63, 3.8) is 0 Å². The highest BCUT2D eigenvalue weighted by Crippen LogP contribution is 2.23. The van der Waals surface area contributed by atoms with E-state index in [0.29, 0.717) is 19.3 Å². The predicted octanol–water partition coefficient (Wildman–Crippen LogP) is 2.19. The fourth-order valence-corrected chi connectivity index (χ4v) is 5.02. The van der Waals surface area contributed by atoms with E-state index in [9.17, 15) is 19.2 Å². The van der Waals surface area contributed by atoms with Gasteiger partial charge in [-0.2, -0.15) is 0 Å². The first kappa shape index (κ1) is 30.5. The molecule has 11 nitrogen and oxygen atoms in total. The zero-order valence-electron chi connectivity index (χ0n) is 24.6. The van der Waals surface area contributed by atoms with E-state index in [4.69, 9.17) is 14.2 Å². The van der Waals surface area contributed by atoms with Crippen molar-refractivity contribution in [2.24, 2.45) is 0 Å². The number of aromatic nitrogens is 1. The topological polar surface area (TPSA) is 148 Å². The van der Waals surface area contributed by atoms with Crippen molar-refractivity contribution in [3.8, 4) is 5.75 Å². The lowest BCUT2D eigenvalue weighted by Gasteiger charge is -2.24. The fourth-order valence-electron chi connectivity index (χ4n) is 5.02. The molecule has 42 heavy (non-hydrogen) atoms. The molecule has 2 atom stereocenters. The Bertz CT molecular complexity index is 1480. The highest BCUT2D eigenvalue weighted by atomic mass is 16.6. The molecule has 2 aromatic carbocycles. The molecule has 6 bridgehead atoms. The van der Waals surface area contributed by atoms with Crippen LogP contribution < -0.4 is 26.2 Å². The number of esters is 1. The Labute approximate surface area is 245 Å². The molecule has 0 radical (unpaired) electrons. The highest BCUT2D eigenvalue weighted by molar-refractivity contribution is 6.56. The van der Waals surface area contributed by atoms with Gasteiger partial charge in [0.15, 0.2) is 7.28 Å². The van der Waals surface area contributed by atoms with Gasteiger partial charge in [-0.3, -0.25) is 10.1 Å². The number of benzene rings is 2. The SMILES string of the molecule is CCOC(=O)[C@@H]1Cc2c[nH]c3c(cccc23)BCc2cc(ccc2OC)C[C@H](NC(=O)OC(C)(C)C)C(=O)NC(=O)N1. The van der Waals surface area contributed by atoms with E-state index in [0.717, 1.165) is 33.1 Å². The van der Waals surface area contributed by atoms with Crippen LogP contribution in [-0.4, -0.2) is 67.7 Å². The van der Waals surface area contributed by atoms with Crippen LogP contribution in [-0.2, 0) is 38.2 Å². The molecule has 222 valence electrons. The Kier molecular flexibility index (Phi) is 9.44. The normalized spacial score (nSPS) is 17.8. The number of carbonyl (C=O) groups excluding carboxylic acids is 4. The van der Waals surface area contributed by atoms with Gasteiger partial charge in [-0.05, 0) is 56.8 Å². The molecule has 12 heteroatoms. The van der Waals surface area contributed by atoms with Crippen LogP contribution in [0.25, 0.3) is 10.9 Å². The number of urea groups is 1. The lowest BCUT2D eigenvalue weighted by atomic mass is 9.64. The maximum atomic E-state index is 13.3. The van der Waals surface area contributed by atoms with Crippen LogP contribution >= 0.6 is 0 Å². The Morgan fingerprint density at radius 3 is 2.60 bits per heavy atom. The van der Waals surface area contributed by atoms with Gasteiger partial charge in [0, 0.05) is 29.9 Å². The number of methoxy groups -OCH3 is 1. The van der Waals surface area contributed by atoms with Crippen LogP contribution in [0.1, 0.15) is 44.4 Å². The fraction of sp³-hybridized carbons (Fsp3) is 0.400. The standard InChI is InChI=1S/C30H37BN4O7/c1-6-41-27(37)23-14-19-16-32-25-20(19)8-7-9-21(25)31-15-18-12-17(10-11-24(18)40-5)13-22(26(36)35-28(38)33-23)34-29(39)42-30(2,3)4/h7-12,16,22-23,31-32H,6,13-15H2,1-5H3,(H,34,39)(H2,33,35,36,38)/t22-,23-/m0/s1. The number of hydrogen-bond donors (Lipinski definition) is 4. The minimum atomic E-state index is -1.15. The van der Waals surface area contributed by atoms with Gasteiger partial charge in [-0.15, -0.1) is 0 Å². The van der Waals surface area contributed by atoms with Crippen molar-refractivity contribution in [3.05, 3.63) is 59.3 Å². The molecule has 4 rings (SSSR count). The van der Waals surface area contributed by atoms with Gasteiger partial charge in [0.05, 0.1) is 13.7 Å². The van der Waals surface area contributed by atoms with Gasteiger partial charge in [-0.1, -0.05) is 35.8 Å². The number of ether oxygens (including phenoxy) is 3. The number of hydrogen-bond acceptors (Lipinski definition) is 7. The Morgan fingerprint density at radius 2 is 1.88 bits per heavy atom. The van der Waals surface area contributed by atoms with Crippen molar-refractivity contribution in [2.45, 2.75) is 64.5 Å². The number of aromatic amines is 1. The number of nitrogens with one attached hydrogen (secondary N) is 4. The van der Waals surface area contributed by atoms with E-state index in [-0.39, 0.29) is 19.4 Å². The zero-order chi connectivity index (χ0) is 30.4. The van der Waals surface area contributed by atoms with Crippen molar-refractivity contribution >= 4 is 47.6 Å². The Hall–Kier alpha value is -4.48.